The number of nitrogens with one attached hydrogen (secondary N) is 3. The third-order valence-electron chi connectivity index (χ3n) is 5.31. The van der Waals surface area contributed by atoms with Crippen molar-refractivity contribution in [2.24, 2.45) is 11.1 Å². The maximum atomic E-state index is 13.3. The van der Waals surface area contributed by atoms with Crippen LogP contribution in [0.4, 0.5) is 5.69 Å². The number of hydrogen-bond acceptors (Lipinski definition) is 8. The van der Waals surface area contributed by atoms with Gasteiger partial charge in [-0.3, -0.25) is 15.0 Å². The van der Waals surface area contributed by atoms with E-state index < -0.39 is 27.9 Å². The molecule has 0 spiro atoms. The van der Waals surface area contributed by atoms with Crippen LogP contribution in [0, 0.1) is 17.7 Å². The van der Waals surface area contributed by atoms with Crippen molar-refractivity contribution in [2.75, 3.05) is 18.1 Å². The number of amides is 2. The molecule has 3 rings (SSSR count). The molecule has 2 amide bonds. The van der Waals surface area contributed by atoms with Gasteiger partial charge in [-0.1, -0.05) is 26.8 Å². The Balaban J connectivity index is 2.04. The van der Waals surface area contributed by atoms with Crippen LogP contribution in [0.2, 0.25) is 0 Å². The van der Waals surface area contributed by atoms with Gasteiger partial charge < -0.3 is 20.6 Å². The van der Waals surface area contributed by atoms with Crippen LogP contribution < -0.4 is 16.4 Å². The summed E-state index contributed by atoms with van der Waals surface area (Å²) in [7, 11) is -4.16. The number of anilines is 1. The molecule has 0 aliphatic heterocycles. The molecule has 0 bridgehead atoms. The minimum Gasteiger partial charge on any atom is -0.384 e. The van der Waals surface area contributed by atoms with Gasteiger partial charge in [-0.2, -0.15) is 8.42 Å². The fourth-order valence-corrected chi connectivity index (χ4v) is 4.81. The Morgan fingerprint density at radius 1 is 0.974 bits per heavy atom. The highest BCUT2D eigenvalue weighted by Gasteiger charge is 2.25. The number of rotatable bonds is 8. The van der Waals surface area contributed by atoms with Crippen LogP contribution in [0.1, 0.15) is 61.6 Å². The number of benzene rings is 2. The Hall–Kier alpha value is -4.03. The number of thiophene rings is 1. The topological polar surface area (TPSA) is 169 Å². The van der Waals surface area contributed by atoms with Crippen LogP contribution in [0.5, 0.6) is 0 Å². The molecule has 0 fully saturated rings. The van der Waals surface area contributed by atoms with E-state index >= 15 is 0 Å². The van der Waals surface area contributed by atoms with E-state index in [1.54, 1.807) is 37.3 Å². The molecule has 0 saturated carbocycles. The molecular weight excluding hydrogens is 540 g/mol. The van der Waals surface area contributed by atoms with E-state index in [0.29, 0.717) is 23.4 Å². The minimum atomic E-state index is -4.16. The summed E-state index contributed by atoms with van der Waals surface area (Å²) in [4.78, 5) is 40.0. The molecule has 0 atom stereocenters. The Labute approximate surface area is 231 Å². The summed E-state index contributed by atoms with van der Waals surface area (Å²) >= 11 is 1.18. The standard InChI is InChI=1S/C27H30N4O6S2/c1-15-12-20(22(38-15)25(33)31-18-9-6-16(7-10-18)23(28)29)19-11-8-17(24(32)30-14-27(2,3)4)13-21(19)26(34)37-39(5,35)36/h6-13H,14H2,1-5H3,(H3,28,29)(H,30,32)(H,31,33). The molecule has 0 aliphatic rings. The normalized spacial score (nSPS) is 11.5. The first-order chi connectivity index (χ1) is 18.0. The van der Waals surface area contributed by atoms with E-state index in [9.17, 15) is 22.8 Å². The summed E-state index contributed by atoms with van der Waals surface area (Å²) in [5.41, 5.74) is 6.82. The molecule has 10 nitrogen and oxygen atoms in total. The predicted octanol–water partition coefficient (Wildman–Crippen LogP) is 4.15. The van der Waals surface area contributed by atoms with E-state index in [1.807, 2.05) is 20.8 Å². The van der Waals surface area contributed by atoms with Crippen LogP contribution in [0.15, 0.2) is 48.5 Å². The lowest BCUT2D eigenvalue weighted by Crippen LogP contribution is -2.32. The quantitative estimate of drug-likeness (QED) is 0.179. The Kier molecular flexibility index (Phi) is 8.61. The average molecular weight is 571 g/mol. The lowest BCUT2D eigenvalue weighted by molar-refractivity contribution is 0.0748. The first-order valence-corrected chi connectivity index (χ1v) is 14.4. The van der Waals surface area contributed by atoms with Gasteiger partial charge in [0.25, 0.3) is 11.8 Å². The largest absolute Gasteiger partial charge is 0.384 e. The van der Waals surface area contributed by atoms with Crippen LogP contribution >= 0.6 is 11.3 Å². The third kappa shape index (κ3) is 7.98. The van der Waals surface area contributed by atoms with Crippen LogP contribution in [-0.2, 0) is 14.3 Å². The zero-order valence-electron chi connectivity index (χ0n) is 22.2. The Morgan fingerprint density at radius 3 is 2.15 bits per heavy atom. The summed E-state index contributed by atoms with van der Waals surface area (Å²) in [6.07, 6.45) is 0.745. The summed E-state index contributed by atoms with van der Waals surface area (Å²) in [5, 5.41) is 13.1. The molecule has 3 aromatic rings. The van der Waals surface area contributed by atoms with Crippen molar-refractivity contribution in [3.63, 3.8) is 0 Å². The van der Waals surface area contributed by atoms with Gasteiger partial charge in [0.2, 0.25) is 0 Å². The summed E-state index contributed by atoms with van der Waals surface area (Å²) in [5.74, 6) is -2.19. The molecule has 1 heterocycles. The molecule has 2 aromatic carbocycles. The van der Waals surface area contributed by atoms with Gasteiger partial charge >= 0.3 is 16.1 Å². The number of carbonyl (C=O) groups excluding carboxylic acids is 3. The fraction of sp³-hybridized carbons (Fsp3) is 0.259. The van der Waals surface area contributed by atoms with Crippen molar-refractivity contribution in [3.8, 4) is 11.1 Å². The zero-order valence-corrected chi connectivity index (χ0v) is 23.8. The Bertz CT molecular complexity index is 1550. The van der Waals surface area contributed by atoms with Crippen molar-refractivity contribution in [2.45, 2.75) is 27.7 Å². The smallest absolute Gasteiger partial charge is 0.354 e. The van der Waals surface area contributed by atoms with E-state index in [1.165, 1.54) is 29.5 Å². The highest BCUT2D eigenvalue weighted by atomic mass is 32.2. The second-order valence-electron chi connectivity index (χ2n) is 10.1. The van der Waals surface area contributed by atoms with Gasteiger partial charge in [0, 0.05) is 33.8 Å². The number of carbonyl (C=O) groups is 3. The van der Waals surface area contributed by atoms with E-state index in [0.717, 1.165) is 11.1 Å². The summed E-state index contributed by atoms with van der Waals surface area (Å²) in [6, 6.07) is 12.4. The zero-order chi connectivity index (χ0) is 29.1. The summed E-state index contributed by atoms with van der Waals surface area (Å²) < 4.78 is 28.1. The highest BCUT2D eigenvalue weighted by molar-refractivity contribution is 7.86. The first-order valence-electron chi connectivity index (χ1n) is 11.8. The molecule has 0 radical (unpaired) electrons. The lowest BCUT2D eigenvalue weighted by Gasteiger charge is -2.19. The molecule has 0 saturated heterocycles. The van der Waals surface area contributed by atoms with Gasteiger partial charge in [0.15, 0.2) is 0 Å². The van der Waals surface area contributed by atoms with Gasteiger partial charge in [0.1, 0.15) is 10.7 Å². The lowest BCUT2D eigenvalue weighted by atomic mass is 9.95. The molecule has 0 unspecified atom stereocenters. The molecule has 5 N–H and O–H groups in total. The van der Waals surface area contributed by atoms with Crippen LogP contribution in [0.25, 0.3) is 11.1 Å². The van der Waals surface area contributed by atoms with Crippen molar-refractivity contribution < 1.29 is 27.0 Å². The number of aryl methyl sites for hydroxylation is 1. The van der Waals surface area contributed by atoms with Gasteiger partial charge in [-0.15, -0.1) is 11.3 Å². The second-order valence-corrected chi connectivity index (χ2v) is 13.0. The monoisotopic (exact) mass is 570 g/mol. The highest BCUT2D eigenvalue weighted by Crippen LogP contribution is 2.35. The van der Waals surface area contributed by atoms with Crippen molar-refractivity contribution in [3.05, 3.63) is 75.0 Å². The van der Waals surface area contributed by atoms with Crippen LogP contribution in [0.3, 0.4) is 0 Å². The van der Waals surface area contributed by atoms with Crippen molar-refractivity contribution >= 4 is 50.8 Å². The number of nitrogens with two attached hydrogens (primary N) is 1. The molecule has 39 heavy (non-hydrogen) atoms. The average Bonchev–Trinajstić information content (AvgIpc) is 3.22. The van der Waals surface area contributed by atoms with E-state index in [2.05, 4.69) is 14.8 Å². The maximum absolute atomic E-state index is 13.3. The summed E-state index contributed by atoms with van der Waals surface area (Å²) in [6.45, 7) is 8.02. The van der Waals surface area contributed by atoms with Crippen molar-refractivity contribution in [1.82, 2.24) is 5.32 Å². The van der Waals surface area contributed by atoms with E-state index in [4.69, 9.17) is 11.1 Å². The minimum absolute atomic E-state index is 0.104. The first kappa shape index (κ1) is 29.5. The molecule has 206 valence electrons. The molecule has 1 aromatic heterocycles. The SMILES string of the molecule is Cc1cc(-c2ccc(C(=O)NCC(C)(C)C)cc2C(=O)OS(C)(=O)=O)c(C(=O)Nc2ccc(C(=N)N)cc2)s1. The van der Waals surface area contributed by atoms with Gasteiger partial charge in [-0.25, -0.2) is 4.79 Å². The predicted molar refractivity (Wildman–Crippen MR) is 152 cm³/mol. The number of hydrogen-bond donors (Lipinski definition) is 4. The van der Waals surface area contributed by atoms with Gasteiger partial charge in [0.05, 0.1) is 11.8 Å². The maximum Gasteiger partial charge on any atom is 0.354 e. The van der Waals surface area contributed by atoms with Crippen molar-refractivity contribution in [1.29, 1.82) is 5.41 Å². The number of amidine groups is 1. The molecular formula is C27H30N4O6S2. The van der Waals surface area contributed by atoms with Crippen LogP contribution in [-0.4, -0.2) is 44.8 Å². The van der Waals surface area contributed by atoms with E-state index in [-0.39, 0.29) is 32.8 Å². The molecule has 12 heteroatoms. The second kappa shape index (κ2) is 11.4. The molecule has 0 aliphatic carbocycles. The fourth-order valence-electron chi connectivity index (χ4n) is 3.52. The Morgan fingerprint density at radius 2 is 1.59 bits per heavy atom. The van der Waals surface area contributed by atoms with Gasteiger partial charge in [-0.05, 0) is 60.4 Å². The number of nitrogen functional groups attached to an aromatic ring is 1. The third-order valence-corrected chi connectivity index (χ3v) is 6.82.